The first-order chi connectivity index (χ1) is 6.48. The van der Waals surface area contributed by atoms with E-state index >= 15 is 0 Å². The monoisotopic (exact) mass is 210 g/mol. The SMILES string of the molecule is C[C@]1(Cl)C(=O)O[C@@]1(C)c1ccccc1. The van der Waals surface area contributed by atoms with Crippen molar-refractivity contribution in [1.82, 2.24) is 0 Å². The fourth-order valence-corrected chi connectivity index (χ4v) is 1.80. The van der Waals surface area contributed by atoms with E-state index in [4.69, 9.17) is 16.3 Å². The standard InChI is InChI=1S/C11H11ClO2/c1-10(12)9(13)14-11(10,2)8-6-4-3-5-7-8/h3-7H,1-2H3/t10-,11-/m0/s1. The summed E-state index contributed by atoms with van der Waals surface area (Å²) in [6.07, 6.45) is 0. The minimum absolute atomic E-state index is 0.356. The molecule has 0 spiro atoms. The molecule has 0 bridgehead atoms. The number of esters is 1. The summed E-state index contributed by atoms with van der Waals surface area (Å²) >= 11 is 6.12. The Balaban J connectivity index is 2.42. The van der Waals surface area contributed by atoms with E-state index in [1.807, 2.05) is 37.3 Å². The van der Waals surface area contributed by atoms with Gasteiger partial charge in [0, 0.05) is 0 Å². The molecule has 0 radical (unpaired) electrons. The Hall–Kier alpha value is -1.02. The zero-order chi connectivity index (χ0) is 10.4. The summed E-state index contributed by atoms with van der Waals surface area (Å²) in [5, 5.41) is 0. The molecule has 3 heteroatoms. The van der Waals surface area contributed by atoms with E-state index in [9.17, 15) is 4.79 Å². The molecule has 0 saturated carbocycles. The average molecular weight is 211 g/mol. The molecule has 2 nitrogen and oxygen atoms in total. The average Bonchev–Trinajstić information content (AvgIpc) is 2.19. The van der Waals surface area contributed by atoms with E-state index in [0.717, 1.165) is 5.56 Å². The van der Waals surface area contributed by atoms with Gasteiger partial charge in [-0.25, -0.2) is 4.79 Å². The Morgan fingerprint density at radius 2 is 1.79 bits per heavy atom. The highest BCUT2D eigenvalue weighted by Crippen LogP contribution is 2.50. The molecule has 2 atom stereocenters. The number of alkyl halides is 1. The molecule has 74 valence electrons. The topological polar surface area (TPSA) is 26.3 Å². The lowest BCUT2D eigenvalue weighted by molar-refractivity contribution is -0.202. The molecule has 1 aliphatic heterocycles. The molecule has 1 heterocycles. The van der Waals surface area contributed by atoms with Crippen molar-refractivity contribution in [3.8, 4) is 0 Å². The van der Waals surface area contributed by atoms with Gasteiger partial charge in [0.2, 0.25) is 0 Å². The molecular formula is C11H11ClO2. The molecule has 1 fully saturated rings. The van der Waals surface area contributed by atoms with Crippen molar-refractivity contribution in [1.29, 1.82) is 0 Å². The maximum absolute atomic E-state index is 11.2. The van der Waals surface area contributed by atoms with Crippen LogP contribution in [0.25, 0.3) is 0 Å². The predicted octanol–water partition coefficient (Wildman–Crippen LogP) is 2.46. The van der Waals surface area contributed by atoms with E-state index in [0.29, 0.717) is 0 Å². The minimum Gasteiger partial charge on any atom is -0.451 e. The number of carbonyl (C=O) groups is 1. The van der Waals surface area contributed by atoms with Gasteiger partial charge in [0.1, 0.15) is 0 Å². The Labute approximate surface area is 87.8 Å². The van der Waals surface area contributed by atoms with Crippen molar-refractivity contribution in [2.45, 2.75) is 24.3 Å². The second kappa shape index (κ2) is 2.74. The molecule has 0 N–H and O–H groups in total. The van der Waals surface area contributed by atoms with Gasteiger partial charge < -0.3 is 4.74 Å². The summed E-state index contributed by atoms with van der Waals surface area (Å²) in [5.41, 5.74) is 0.226. The van der Waals surface area contributed by atoms with Gasteiger partial charge >= 0.3 is 5.97 Å². The summed E-state index contributed by atoms with van der Waals surface area (Å²) < 4.78 is 5.16. The zero-order valence-electron chi connectivity index (χ0n) is 8.08. The number of carbonyl (C=O) groups excluding carboxylic acids is 1. The van der Waals surface area contributed by atoms with E-state index < -0.39 is 10.5 Å². The Kier molecular flexibility index (Phi) is 1.86. The van der Waals surface area contributed by atoms with Crippen molar-refractivity contribution in [2.75, 3.05) is 0 Å². The fourth-order valence-electron chi connectivity index (χ4n) is 1.61. The summed E-state index contributed by atoms with van der Waals surface area (Å²) in [7, 11) is 0. The molecule has 0 aliphatic carbocycles. The third-order valence-electron chi connectivity index (χ3n) is 2.90. The maximum Gasteiger partial charge on any atom is 0.332 e. The van der Waals surface area contributed by atoms with Crippen molar-refractivity contribution < 1.29 is 9.53 Å². The molecule has 0 aromatic heterocycles. The van der Waals surface area contributed by atoms with Gasteiger partial charge in [-0.15, -0.1) is 11.6 Å². The first-order valence-electron chi connectivity index (χ1n) is 4.46. The first kappa shape index (κ1) is 9.53. The van der Waals surface area contributed by atoms with Crippen LogP contribution in [0.3, 0.4) is 0 Å². The number of benzene rings is 1. The highest BCUT2D eigenvalue weighted by molar-refractivity contribution is 6.36. The van der Waals surface area contributed by atoms with Gasteiger partial charge in [0.15, 0.2) is 10.5 Å². The number of hydrogen-bond donors (Lipinski definition) is 0. The van der Waals surface area contributed by atoms with Crippen LogP contribution < -0.4 is 0 Å². The van der Waals surface area contributed by atoms with E-state index in [-0.39, 0.29) is 5.97 Å². The maximum atomic E-state index is 11.2. The van der Waals surface area contributed by atoms with E-state index in [1.54, 1.807) is 6.92 Å². The lowest BCUT2D eigenvalue weighted by Crippen LogP contribution is -2.63. The third-order valence-corrected chi connectivity index (χ3v) is 3.42. The Morgan fingerprint density at radius 3 is 2.21 bits per heavy atom. The first-order valence-corrected chi connectivity index (χ1v) is 4.84. The number of hydrogen-bond acceptors (Lipinski definition) is 2. The lowest BCUT2D eigenvalue weighted by Gasteiger charge is -2.49. The second-order valence-corrected chi connectivity index (χ2v) is 4.55. The van der Waals surface area contributed by atoms with Crippen LogP contribution >= 0.6 is 11.6 Å². The molecule has 14 heavy (non-hydrogen) atoms. The molecule has 1 aliphatic rings. The molecular weight excluding hydrogens is 200 g/mol. The smallest absolute Gasteiger partial charge is 0.332 e. The van der Waals surface area contributed by atoms with Crippen LogP contribution in [0.15, 0.2) is 30.3 Å². The van der Waals surface area contributed by atoms with Gasteiger partial charge in [-0.05, 0) is 19.4 Å². The van der Waals surface area contributed by atoms with Crippen LogP contribution in [-0.4, -0.2) is 10.8 Å². The quantitative estimate of drug-likeness (QED) is 0.526. The van der Waals surface area contributed by atoms with Crippen molar-refractivity contribution in [3.05, 3.63) is 35.9 Å². The van der Waals surface area contributed by atoms with E-state index in [1.165, 1.54) is 0 Å². The van der Waals surface area contributed by atoms with Crippen molar-refractivity contribution >= 4 is 17.6 Å². The van der Waals surface area contributed by atoms with Crippen LogP contribution in [0.1, 0.15) is 19.4 Å². The van der Waals surface area contributed by atoms with Crippen LogP contribution in [-0.2, 0) is 15.1 Å². The highest BCUT2D eigenvalue weighted by atomic mass is 35.5. The van der Waals surface area contributed by atoms with Gasteiger partial charge in [-0.1, -0.05) is 30.3 Å². The molecule has 1 saturated heterocycles. The molecule has 0 unspecified atom stereocenters. The summed E-state index contributed by atoms with van der Waals surface area (Å²) in [5.74, 6) is -0.356. The number of rotatable bonds is 1. The van der Waals surface area contributed by atoms with Gasteiger partial charge in [0.05, 0.1) is 0 Å². The fraction of sp³-hybridized carbons (Fsp3) is 0.364. The van der Waals surface area contributed by atoms with Crippen molar-refractivity contribution in [2.24, 2.45) is 0 Å². The third kappa shape index (κ3) is 1.01. The number of ether oxygens (including phenoxy) is 1. The molecule has 1 aromatic carbocycles. The Morgan fingerprint density at radius 1 is 1.21 bits per heavy atom. The second-order valence-electron chi connectivity index (χ2n) is 3.79. The number of cyclic esters (lactones) is 1. The minimum atomic E-state index is -0.950. The Bertz CT molecular complexity index is 372. The predicted molar refractivity (Wildman–Crippen MR) is 54.1 cm³/mol. The largest absolute Gasteiger partial charge is 0.451 e. The van der Waals surface area contributed by atoms with Crippen LogP contribution in [0, 0.1) is 0 Å². The summed E-state index contributed by atoms with van der Waals surface area (Å²) in [6, 6.07) is 9.54. The zero-order valence-corrected chi connectivity index (χ0v) is 8.84. The van der Waals surface area contributed by atoms with Crippen LogP contribution in [0.5, 0.6) is 0 Å². The summed E-state index contributed by atoms with van der Waals surface area (Å²) in [4.78, 5) is 10.2. The number of halogens is 1. The van der Waals surface area contributed by atoms with E-state index in [2.05, 4.69) is 0 Å². The highest BCUT2D eigenvalue weighted by Gasteiger charge is 2.63. The van der Waals surface area contributed by atoms with Crippen LogP contribution in [0.4, 0.5) is 0 Å². The summed E-state index contributed by atoms with van der Waals surface area (Å²) in [6.45, 7) is 3.52. The van der Waals surface area contributed by atoms with Crippen molar-refractivity contribution in [3.63, 3.8) is 0 Å². The van der Waals surface area contributed by atoms with Gasteiger partial charge in [-0.2, -0.15) is 0 Å². The van der Waals surface area contributed by atoms with Crippen LogP contribution in [0.2, 0.25) is 0 Å². The molecule has 1 aromatic rings. The normalized spacial score (nSPS) is 36.1. The van der Waals surface area contributed by atoms with Gasteiger partial charge in [0.25, 0.3) is 0 Å². The van der Waals surface area contributed by atoms with Gasteiger partial charge in [-0.3, -0.25) is 0 Å². The molecule has 2 rings (SSSR count). The lowest BCUT2D eigenvalue weighted by atomic mass is 9.78. The molecule has 0 amide bonds.